The van der Waals surface area contributed by atoms with Crippen LogP contribution in [-0.2, 0) is 24.3 Å². The lowest BCUT2D eigenvalue weighted by molar-refractivity contribution is -0.132. The fraction of sp³-hybridized carbons (Fsp3) is 0.381. The number of ether oxygens (including phenoxy) is 1. The predicted octanol–water partition coefficient (Wildman–Crippen LogP) is 2.90. The lowest BCUT2D eigenvalue weighted by atomic mass is 9.86. The van der Waals surface area contributed by atoms with E-state index < -0.39 is 5.54 Å². The molecule has 0 aromatic heterocycles. The second-order valence-corrected chi connectivity index (χ2v) is 7.00. The van der Waals surface area contributed by atoms with Crippen molar-refractivity contribution in [3.05, 3.63) is 65.2 Å². The number of nitrogens with one attached hydrogen (secondary N) is 1. The minimum Gasteiger partial charge on any atom is -0.496 e. The van der Waals surface area contributed by atoms with Crippen LogP contribution in [0.5, 0.6) is 5.75 Å². The van der Waals surface area contributed by atoms with Gasteiger partial charge in [-0.05, 0) is 36.6 Å². The molecule has 130 valence electrons. The summed E-state index contributed by atoms with van der Waals surface area (Å²) in [6, 6.07) is 16.5. The second kappa shape index (κ2) is 6.52. The summed E-state index contributed by atoms with van der Waals surface area (Å²) in [5.74, 6) is 1.05. The van der Waals surface area contributed by atoms with Crippen LogP contribution in [0.1, 0.15) is 29.5 Å². The van der Waals surface area contributed by atoms with Gasteiger partial charge >= 0.3 is 0 Å². The maximum atomic E-state index is 13.1. The summed E-state index contributed by atoms with van der Waals surface area (Å²) in [6.07, 6.45) is 2.73. The molecule has 1 unspecified atom stereocenters. The Balaban J connectivity index is 1.68. The third-order valence-corrected chi connectivity index (χ3v) is 5.64. The van der Waals surface area contributed by atoms with Crippen molar-refractivity contribution in [3.63, 3.8) is 0 Å². The summed E-state index contributed by atoms with van der Waals surface area (Å²) in [5, 5.41) is 3.17. The summed E-state index contributed by atoms with van der Waals surface area (Å²) in [5.41, 5.74) is 3.20. The Kier molecular flexibility index (Phi) is 4.22. The quantitative estimate of drug-likeness (QED) is 0.937. The minimum absolute atomic E-state index is 0.163. The molecule has 25 heavy (non-hydrogen) atoms. The van der Waals surface area contributed by atoms with Gasteiger partial charge in [0.1, 0.15) is 11.3 Å². The Morgan fingerprint density at radius 3 is 2.72 bits per heavy atom. The molecule has 1 fully saturated rings. The number of nitrogens with zero attached hydrogens (tertiary/aromatic N) is 1. The summed E-state index contributed by atoms with van der Waals surface area (Å²) >= 11 is 0. The van der Waals surface area contributed by atoms with Gasteiger partial charge in [0.25, 0.3) is 0 Å². The number of hydrogen-bond acceptors (Lipinski definition) is 3. The number of methoxy groups -OCH3 is 1. The molecule has 4 heteroatoms. The van der Waals surface area contributed by atoms with Crippen LogP contribution in [0.25, 0.3) is 0 Å². The molecule has 1 saturated heterocycles. The molecule has 2 aliphatic heterocycles. The second-order valence-electron chi connectivity index (χ2n) is 7.00. The molecule has 2 aliphatic rings. The van der Waals surface area contributed by atoms with Gasteiger partial charge in [-0.3, -0.25) is 9.69 Å². The molecule has 0 bridgehead atoms. The topological polar surface area (TPSA) is 41.6 Å². The standard InChI is InChI=1S/C21H24N2O2/c1-25-19-10-5-4-9-18(19)15-23-12-6-11-21(23)13-16-7-2-3-8-17(16)14-22-20(21)24/h2-5,7-10H,6,11-15H2,1H3,(H,22,24). The van der Waals surface area contributed by atoms with Gasteiger partial charge in [0.15, 0.2) is 0 Å². The number of amides is 1. The number of para-hydroxylation sites is 1. The third kappa shape index (κ3) is 2.81. The van der Waals surface area contributed by atoms with Crippen molar-refractivity contribution in [1.82, 2.24) is 10.2 Å². The highest BCUT2D eigenvalue weighted by Gasteiger charge is 2.48. The zero-order chi connectivity index (χ0) is 17.3. The zero-order valence-corrected chi connectivity index (χ0v) is 14.6. The molecule has 1 atom stereocenters. The smallest absolute Gasteiger partial charge is 0.241 e. The van der Waals surface area contributed by atoms with Crippen LogP contribution >= 0.6 is 0 Å². The van der Waals surface area contributed by atoms with E-state index in [0.717, 1.165) is 43.7 Å². The van der Waals surface area contributed by atoms with Gasteiger partial charge in [0, 0.05) is 25.1 Å². The number of rotatable bonds is 3. The summed E-state index contributed by atoms with van der Waals surface area (Å²) in [7, 11) is 1.70. The first-order valence-corrected chi connectivity index (χ1v) is 8.95. The van der Waals surface area contributed by atoms with E-state index in [2.05, 4.69) is 34.5 Å². The van der Waals surface area contributed by atoms with Gasteiger partial charge in [0.05, 0.1) is 7.11 Å². The highest BCUT2D eigenvalue weighted by Crippen LogP contribution is 2.37. The lowest BCUT2D eigenvalue weighted by Gasteiger charge is -2.36. The van der Waals surface area contributed by atoms with Gasteiger partial charge in [0.2, 0.25) is 5.91 Å². The summed E-state index contributed by atoms with van der Waals surface area (Å²) in [6.45, 7) is 2.30. The largest absolute Gasteiger partial charge is 0.496 e. The van der Waals surface area contributed by atoms with E-state index in [0.29, 0.717) is 6.54 Å². The van der Waals surface area contributed by atoms with Gasteiger partial charge in [-0.1, -0.05) is 42.5 Å². The Morgan fingerprint density at radius 2 is 1.88 bits per heavy atom. The van der Waals surface area contributed by atoms with Crippen LogP contribution in [0.4, 0.5) is 0 Å². The highest BCUT2D eigenvalue weighted by atomic mass is 16.5. The molecule has 2 heterocycles. The average molecular weight is 336 g/mol. The van der Waals surface area contributed by atoms with E-state index in [1.807, 2.05) is 24.3 Å². The molecule has 1 spiro atoms. The number of carbonyl (C=O) groups is 1. The maximum Gasteiger partial charge on any atom is 0.241 e. The van der Waals surface area contributed by atoms with Crippen molar-refractivity contribution in [3.8, 4) is 5.75 Å². The van der Waals surface area contributed by atoms with E-state index in [1.165, 1.54) is 11.1 Å². The Bertz CT molecular complexity index is 789. The minimum atomic E-state index is -0.451. The molecule has 4 nitrogen and oxygen atoms in total. The van der Waals surface area contributed by atoms with Crippen molar-refractivity contribution in [1.29, 1.82) is 0 Å². The van der Waals surface area contributed by atoms with E-state index in [9.17, 15) is 4.79 Å². The predicted molar refractivity (Wildman–Crippen MR) is 97.4 cm³/mol. The fourth-order valence-electron chi connectivity index (χ4n) is 4.30. The summed E-state index contributed by atoms with van der Waals surface area (Å²) in [4.78, 5) is 15.4. The Hall–Kier alpha value is -2.33. The van der Waals surface area contributed by atoms with Crippen LogP contribution in [0, 0.1) is 0 Å². The van der Waals surface area contributed by atoms with E-state index in [4.69, 9.17) is 4.74 Å². The van der Waals surface area contributed by atoms with Crippen LogP contribution in [0.2, 0.25) is 0 Å². The summed E-state index contributed by atoms with van der Waals surface area (Å²) < 4.78 is 5.51. The first kappa shape index (κ1) is 16.2. The molecule has 0 aliphatic carbocycles. The number of fused-ring (bicyclic) bond motifs is 1. The lowest BCUT2D eigenvalue weighted by Crippen LogP contribution is -2.55. The van der Waals surface area contributed by atoms with Crippen molar-refractivity contribution in [2.45, 2.75) is 37.9 Å². The number of hydrogen-bond donors (Lipinski definition) is 1. The molecular formula is C21H24N2O2. The van der Waals surface area contributed by atoms with Crippen LogP contribution in [-0.4, -0.2) is 30.0 Å². The molecule has 0 saturated carbocycles. The third-order valence-electron chi connectivity index (χ3n) is 5.64. The molecule has 1 N–H and O–H groups in total. The van der Waals surface area contributed by atoms with Crippen molar-refractivity contribution >= 4 is 5.91 Å². The normalized spacial score (nSPS) is 23.2. The first-order chi connectivity index (χ1) is 12.2. The van der Waals surface area contributed by atoms with Gasteiger partial charge in [-0.15, -0.1) is 0 Å². The molecule has 2 aromatic carbocycles. The molecular weight excluding hydrogens is 312 g/mol. The Morgan fingerprint density at radius 1 is 1.12 bits per heavy atom. The average Bonchev–Trinajstić information content (AvgIpc) is 2.97. The highest BCUT2D eigenvalue weighted by molar-refractivity contribution is 5.87. The van der Waals surface area contributed by atoms with E-state index in [-0.39, 0.29) is 5.91 Å². The van der Waals surface area contributed by atoms with Gasteiger partial charge in [-0.2, -0.15) is 0 Å². The molecule has 1 amide bonds. The molecule has 4 rings (SSSR count). The first-order valence-electron chi connectivity index (χ1n) is 8.95. The Labute approximate surface area is 148 Å². The van der Waals surface area contributed by atoms with Gasteiger partial charge in [-0.25, -0.2) is 0 Å². The van der Waals surface area contributed by atoms with Gasteiger partial charge < -0.3 is 10.1 Å². The number of benzene rings is 2. The van der Waals surface area contributed by atoms with E-state index in [1.54, 1.807) is 7.11 Å². The van der Waals surface area contributed by atoms with Crippen molar-refractivity contribution in [2.24, 2.45) is 0 Å². The fourth-order valence-corrected chi connectivity index (χ4v) is 4.30. The maximum absolute atomic E-state index is 13.1. The zero-order valence-electron chi connectivity index (χ0n) is 14.6. The van der Waals surface area contributed by atoms with Crippen LogP contribution in [0.3, 0.4) is 0 Å². The SMILES string of the molecule is COc1ccccc1CN1CCCC12Cc1ccccc1CNC2=O. The number of likely N-dealkylation sites (tertiary alicyclic amines) is 1. The molecule has 2 aromatic rings. The molecule has 0 radical (unpaired) electrons. The van der Waals surface area contributed by atoms with Crippen molar-refractivity contribution < 1.29 is 9.53 Å². The van der Waals surface area contributed by atoms with E-state index >= 15 is 0 Å². The van der Waals surface area contributed by atoms with Crippen molar-refractivity contribution in [2.75, 3.05) is 13.7 Å². The van der Waals surface area contributed by atoms with Crippen LogP contribution < -0.4 is 10.1 Å². The van der Waals surface area contributed by atoms with Crippen LogP contribution in [0.15, 0.2) is 48.5 Å². The number of carbonyl (C=O) groups excluding carboxylic acids is 1. The monoisotopic (exact) mass is 336 g/mol.